The predicted octanol–water partition coefficient (Wildman–Crippen LogP) is 5.23. The highest BCUT2D eigenvalue weighted by Crippen LogP contribution is 2.32. The fourth-order valence-electron chi connectivity index (χ4n) is 3.42. The van der Waals surface area contributed by atoms with Gasteiger partial charge in [-0.25, -0.2) is 4.68 Å². The molecule has 172 valence electrons. The van der Waals surface area contributed by atoms with Crippen LogP contribution in [0.4, 0.5) is 0 Å². The fourth-order valence-corrected chi connectivity index (χ4v) is 3.55. The Bertz CT molecular complexity index is 974. The van der Waals surface area contributed by atoms with Crippen LogP contribution in [0.25, 0.3) is 5.69 Å². The molecule has 0 aliphatic carbocycles. The number of para-hydroxylation sites is 1. The molecule has 0 amide bonds. The maximum absolute atomic E-state index is 10.4. The first kappa shape index (κ1) is 24.3. The summed E-state index contributed by atoms with van der Waals surface area (Å²) in [7, 11) is 0. The quantitative estimate of drug-likeness (QED) is 0.427. The van der Waals surface area contributed by atoms with Crippen LogP contribution in [-0.4, -0.2) is 51.7 Å². The number of aliphatic hydroxyl groups excluding tert-OH is 1. The van der Waals surface area contributed by atoms with Crippen molar-refractivity contribution in [2.45, 2.75) is 46.4 Å². The zero-order valence-electron chi connectivity index (χ0n) is 19.2. The van der Waals surface area contributed by atoms with Gasteiger partial charge in [0.25, 0.3) is 0 Å². The molecule has 0 bridgehead atoms. The van der Waals surface area contributed by atoms with Crippen LogP contribution in [0.1, 0.15) is 32.0 Å². The summed E-state index contributed by atoms with van der Waals surface area (Å²) in [6.45, 7) is 10.1. The first-order chi connectivity index (χ1) is 15.4. The second-order valence-corrected chi connectivity index (χ2v) is 8.45. The number of rotatable bonds is 11. The van der Waals surface area contributed by atoms with Crippen LogP contribution in [0, 0.1) is 6.92 Å². The number of benzene rings is 2. The summed E-state index contributed by atoms with van der Waals surface area (Å²) in [5, 5.41) is 15.9. The van der Waals surface area contributed by atoms with Gasteiger partial charge in [0.1, 0.15) is 5.75 Å². The van der Waals surface area contributed by atoms with E-state index in [0.29, 0.717) is 43.0 Å². The Balaban J connectivity index is 1.96. The Morgan fingerprint density at radius 2 is 1.78 bits per heavy atom. The molecule has 1 aromatic heterocycles. The maximum Gasteiger partial charge on any atom is 0.227 e. The molecular formula is C25H32ClN3O3. The highest BCUT2D eigenvalue weighted by atomic mass is 35.5. The second-order valence-electron chi connectivity index (χ2n) is 8.01. The largest absolute Gasteiger partial charge is 0.439 e. The van der Waals surface area contributed by atoms with E-state index in [-0.39, 0.29) is 6.04 Å². The smallest absolute Gasteiger partial charge is 0.227 e. The van der Waals surface area contributed by atoms with Crippen LogP contribution < -0.4 is 4.74 Å². The summed E-state index contributed by atoms with van der Waals surface area (Å²) in [5.74, 6) is 1.33. The van der Waals surface area contributed by atoms with Crippen LogP contribution in [-0.2, 0) is 11.3 Å². The molecule has 0 aliphatic rings. The van der Waals surface area contributed by atoms with E-state index in [2.05, 4.69) is 18.7 Å². The third-order valence-electron chi connectivity index (χ3n) is 5.22. The molecule has 0 saturated carbocycles. The molecule has 0 saturated heterocycles. The number of ether oxygens (including phenoxy) is 2. The van der Waals surface area contributed by atoms with Crippen molar-refractivity contribution in [1.29, 1.82) is 0 Å². The molecule has 0 aliphatic heterocycles. The molecule has 6 nitrogen and oxygen atoms in total. The summed E-state index contributed by atoms with van der Waals surface area (Å²) >= 11 is 6.05. The number of hydrogen-bond acceptors (Lipinski definition) is 5. The number of aliphatic hydroxyl groups is 1. The SMILES string of the molecule is CCOC[C@H](O)CN(Cc1c(C)nn(-c2ccccc2)c1Oc1ccc(Cl)cc1)C(C)C. The standard InChI is InChI=1S/C25H32ClN3O3/c1-5-31-17-22(30)15-28(18(2)3)16-24-19(4)27-29(21-9-7-6-8-10-21)25(24)32-23-13-11-20(26)12-14-23/h6-14,18,22,30H,5,15-17H2,1-4H3/t22-/m1/s1. The monoisotopic (exact) mass is 457 g/mol. The molecule has 0 unspecified atom stereocenters. The highest BCUT2D eigenvalue weighted by Gasteiger charge is 2.24. The Hall–Kier alpha value is -2.38. The molecule has 1 N–H and O–H groups in total. The molecule has 7 heteroatoms. The number of aryl methyl sites for hydroxylation is 1. The van der Waals surface area contributed by atoms with Gasteiger partial charge in [-0.3, -0.25) is 4.90 Å². The lowest BCUT2D eigenvalue weighted by atomic mass is 10.2. The van der Waals surface area contributed by atoms with Gasteiger partial charge >= 0.3 is 0 Å². The van der Waals surface area contributed by atoms with E-state index in [0.717, 1.165) is 16.9 Å². The van der Waals surface area contributed by atoms with E-state index < -0.39 is 6.10 Å². The van der Waals surface area contributed by atoms with Gasteiger partial charge in [0, 0.05) is 30.8 Å². The van der Waals surface area contributed by atoms with Crippen molar-refractivity contribution in [3.63, 3.8) is 0 Å². The lowest BCUT2D eigenvalue weighted by Crippen LogP contribution is -2.39. The first-order valence-electron chi connectivity index (χ1n) is 11.0. The van der Waals surface area contributed by atoms with Gasteiger partial charge in [-0.2, -0.15) is 5.10 Å². The Morgan fingerprint density at radius 3 is 2.41 bits per heavy atom. The third-order valence-corrected chi connectivity index (χ3v) is 5.47. The van der Waals surface area contributed by atoms with E-state index in [1.54, 1.807) is 12.1 Å². The Morgan fingerprint density at radius 1 is 1.09 bits per heavy atom. The van der Waals surface area contributed by atoms with E-state index >= 15 is 0 Å². The molecule has 1 heterocycles. The Labute approximate surface area is 195 Å². The van der Waals surface area contributed by atoms with Crippen LogP contribution in [0.3, 0.4) is 0 Å². The number of halogens is 1. The van der Waals surface area contributed by atoms with Gasteiger partial charge in [0.2, 0.25) is 5.88 Å². The van der Waals surface area contributed by atoms with Gasteiger partial charge in [0.15, 0.2) is 0 Å². The van der Waals surface area contributed by atoms with Crippen molar-refractivity contribution in [2.24, 2.45) is 0 Å². The van der Waals surface area contributed by atoms with Gasteiger partial charge in [-0.05, 0) is 64.1 Å². The average molecular weight is 458 g/mol. The molecule has 0 radical (unpaired) electrons. The zero-order valence-corrected chi connectivity index (χ0v) is 19.9. The summed E-state index contributed by atoms with van der Waals surface area (Å²) < 4.78 is 13.6. The van der Waals surface area contributed by atoms with Crippen molar-refractivity contribution in [3.8, 4) is 17.3 Å². The van der Waals surface area contributed by atoms with E-state index in [1.165, 1.54) is 0 Å². The van der Waals surface area contributed by atoms with Crippen molar-refractivity contribution in [2.75, 3.05) is 19.8 Å². The maximum atomic E-state index is 10.4. The Kier molecular flexibility index (Phi) is 8.70. The highest BCUT2D eigenvalue weighted by molar-refractivity contribution is 6.30. The van der Waals surface area contributed by atoms with Crippen molar-refractivity contribution >= 4 is 11.6 Å². The lowest BCUT2D eigenvalue weighted by Gasteiger charge is -2.29. The molecule has 0 spiro atoms. The normalized spacial score (nSPS) is 12.5. The molecule has 0 fully saturated rings. The minimum Gasteiger partial charge on any atom is -0.439 e. The van der Waals surface area contributed by atoms with E-state index in [9.17, 15) is 5.11 Å². The topological polar surface area (TPSA) is 59.8 Å². The van der Waals surface area contributed by atoms with Gasteiger partial charge in [-0.15, -0.1) is 0 Å². The van der Waals surface area contributed by atoms with Crippen LogP contribution in [0.5, 0.6) is 11.6 Å². The van der Waals surface area contributed by atoms with Crippen LogP contribution in [0.15, 0.2) is 54.6 Å². The van der Waals surface area contributed by atoms with Crippen molar-refractivity contribution < 1.29 is 14.6 Å². The van der Waals surface area contributed by atoms with Gasteiger partial charge in [0.05, 0.1) is 29.7 Å². The van der Waals surface area contributed by atoms with Gasteiger partial charge < -0.3 is 14.6 Å². The lowest BCUT2D eigenvalue weighted by molar-refractivity contribution is 0.0131. The summed E-state index contributed by atoms with van der Waals surface area (Å²) in [6, 6.07) is 17.4. The molecule has 1 atom stereocenters. The minimum absolute atomic E-state index is 0.217. The third kappa shape index (κ3) is 6.33. The molecule has 32 heavy (non-hydrogen) atoms. The first-order valence-corrected chi connectivity index (χ1v) is 11.3. The van der Waals surface area contributed by atoms with E-state index in [1.807, 2.05) is 61.0 Å². The van der Waals surface area contributed by atoms with Crippen molar-refractivity contribution in [1.82, 2.24) is 14.7 Å². The number of aromatic nitrogens is 2. The molecule has 3 rings (SSSR count). The van der Waals surface area contributed by atoms with Gasteiger partial charge in [-0.1, -0.05) is 29.8 Å². The van der Waals surface area contributed by atoms with Crippen molar-refractivity contribution in [3.05, 3.63) is 70.9 Å². The predicted molar refractivity (Wildman–Crippen MR) is 128 cm³/mol. The minimum atomic E-state index is -0.567. The van der Waals surface area contributed by atoms with Crippen LogP contribution in [0.2, 0.25) is 5.02 Å². The summed E-state index contributed by atoms with van der Waals surface area (Å²) in [4.78, 5) is 2.21. The summed E-state index contributed by atoms with van der Waals surface area (Å²) in [5.41, 5.74) is 2.77. The average Bonchev–Trinajstić information content (AvgIpc) is 3.09. The number of nitrogens with zero attached hydrogens (tertiary/aromatic N) is 3. The molecular weight excluding hydrogens is 426 g/mol. The summed E-state index contributed by atoms with van der Waals surface area (Å²) in [6.07, 6.45) is -0.567. The molecule has 3 aromatic rings. The van der Waals surface area contributed by atoms with Crippen LogP contribution >= 0.6 is 11.6 Å². The van der Waals surface area contributed by atoms with E-state index in [4.69, 9.17) is 26.2 Å². The zero-order chi connectivity index (χ0) is 23.1. The fraction of sp³-hybridized carbons (Fsp3) is 0.400. The number of hydrogen-bond donors (Lipinski definition) is 1. The second kappa shape index (κ2) is 11.5. The molecule has 2 aromatic carbocycles.